The van der Waals surface area contributed by atoms with E-state index in [0.29, 0.717) is 5.39 Å². The van der Waals surface area contributed by atoms with Crippen molar-refractivity contribution in [2.24, 2.45) is 0 Å². The van der Waals surface area contributed by atoms with Crippen LogP contribution in [-0.4, -0.2) is 29.8 Å². The first kappa shape index (κ1) is 15.1. The SMILES string of the molecule is O=C(NCC(O)C(F)(F)F)c1sc2ccccc2c1Cl. The average molecular weight is 324 g/mol. The standard InChI is InChI=1S/C12H9ClF3NO2S/c13-9-6-3-1-2-4-7(6)20-10(9)11(19)17-5-8(18)12(14,15)16/h1-4,8,18H,5H2,(H,17,19). The number of fused-ring (bicyclic) bond motifs is 1. The summed E-state index contributed by atoms with van der Waals surface area (Å²) < 4.78 is 37.1. The van der Waals surface area contributed by atoms with Crippen LogP contribution in [0.15, 0.2) is 24.3 Å². The Morgan fingerprint density at radius 1 is 1.40 bits per heavy atom. The Kier molecular flexibility index (Phi) is 4.22. The van der Waals surface area contributed by atoms with Gasteiger partial charge in [0.15, 0.2) is 6.10 Å². The fraction of sp³-hybridized carbons (Fsp3) is 0.250. The van der Waals surface area contributed by atoms with Crippen LogP contribution in [0.5, 0.6) is 0 Å². The van der Waals surface area contributed by atoms with Crippen molar-refractivity contribution < 1.29 is 23.1 Å². The van der Waals surface area contributed by atoms with Crippen LogP contribution in [0, 0.1) is 0 Å². The lowest BCUT2D eigenvalue weighted by molar-refractivity contribution is -0.201. The molecule has 0 saturated heterocycles. The minimum atomic E-state index is -4.77. The molecule has 3 nitrogen and oxygen atoms in total. The van der Waals surface area contributed by atoms with E-state index in [2.05, 4.69) is 0 Å². The third-order valence-electron chi connectivity index (χ3n) is 2.57. The minimum absolute atomic E-state index is 0.127. The topological polar surface area (TPSA) is 49.3 Å². The quantitative estimate of drug-likeness (QED) is 0.911. The molecule has 0 bridgehead atoms. The maximum atomic E-state index is 12.1. The number of hydrogen-bond donors (Lipinski definition) is 2. The number of hydrogen-bond acceptors (Lipinski definition) is 3. The molecule has 0 fully saturated rings. The van der Waals surface area contributed by atoms with E-state index in [1.807, 2.05) is 5.32 Å². The molecule has 1 heterocycles. The molecule has 108 valence electrons. The second kappa shape index (κ2) is 5.59. The molecule has 0 spiro atoms. The van der Waals surface area contributed by atoms with Gasteiger partial charge in [0.05, 0.1) is 11.6 Å². The van der Waals surface area contributed by atoms with Gasteiger partial charge in [0.1, 0.15) is 4.88 Å². The van der Waals surface area contributed by atoms with Gasteiger partial charge < -0.3 is 10.4 Å². The van der Waals surface area contributed by atoms with Gasteiger partial charge in [-0.3, -0.25) is 4.79 Å². The van der Waals surface area contributed by atoms with Gasteiger partial charge in [-0.2, -0.15) is 13.2 Å². The summed E-state index contributed by atoms with van der Waals surface area (Å²) in [5.74, 6) is -0.737. The Morgan fingerprint density at radius 2 is 2.05 bits per heavy atom. The molecule has 2 aromatic rings. The molecule has 20 heavy (non-hydrogen) atoms. The summed E-state index contributed by atoms with van der Waals surface area (Å²) in [5, 5.41) is 11.7. The van der Waals surface area contributed by atoms with Gasteiger partial charge in [0.25, 0.3) is 5.91 Å². The van der Waals surface area contributed by atoms with Crippen LogP contribution in [0.3, 0.4) is 0 Å². The molecule has 1 amide bonds. The monoisotopic (exact) mass is 323 g/mol. The van der Waals surface area contributed by atoms with E-state index >= 15 is 0 Å². The molecule has 0 aliphatic carbocycles. The van der Waals surface area contributed by atoms with E-state index in [1.54, 1.807) is 24.3 Å². The summed E-state index contributed by atoms with van der Waals surface area (Å²) in [6.07, 6.45) is -7.36. The first-order valence-corrected chi connectivity index (χ1v) is 6.70. The van der Waals surface area contributed by atoms with E-state index in [0.717, 1.165) is 16.0 Å². The summed E-state index contributed by atoms with van der Waals surface area (Å²) in [4.78, 5) is 11.9. The van der Waals surface area contributed by atoms with E-state index in [1.165, 1.54) is 0 Å². The fourth-order valence-corrected chi connectivity index (χ4v) is 2.98. The van der Waals surface area contributed by atoms with Crippen molar-refractivity contribution in [2.75, 3.05) is 6.54 Å². The Morgan fingerprint density at radius 3 is 2.65 bits per heavy atom. The molecule has 0 saturated carbocycles. The van der Waals surface area contributed by atoms with Crippen molar-refractivity contribution in [1.29, 1.82) is 0 Å². The largest absolute Gasteiger partial charge is 0.416 e. The predicted molar refractivity (Wildman–Crippen MR) is 71.2 cm³/mol. The third-order valence-corrected chi connectivity index (χ3v) is 4.25. The molecule has 1 aromatic heterocycles. The summed E-state index contributed by atoms with van der Waals surface area (Å²) in [6.45, 7) is -0.910. The lowest BCUT2D eigenvalue weighted by Gasteiger charge is -2.14. The minimum Gasteiger partial charge on any atom is -0.382 e. The second-order valence-electron chi connectivity index (χ2n) is 4.01. The number of carbonyl (C=O) groups is 1. The van der Waals surface area contributed by atoms with Crippen LogP contribution in [0.25, 0.3) is 10.1 Å². The van der Waals surface area contributed by atoms with Crippen molar-refractivity contribution in [3.8, 4) is 0 Å². The molecule has 0 aliphatic heterocycles. The number of carbonyl (C=O) groups excluding carboxylic acids is 1. The number of aliphatic hydroxyl groups is 1. The van der Waals surface area contributed by atoms with Crippen molar-refractivity contribution in [1.82, 2.24) is 5.32 Å². The fourth-order valence-electron chi connectivity index (χ4n) is 1.55. The number of amides is 1. The number of alkyl halides is 3. The van der Waals surface area contributed by atoms with Crippen molar-refractivity contribution >= 4 is 38.9 Å². The van der Waals surface area contributed by atoms with Crippen LogP contribution >= 0.6 is 22.9 Å². The van der Waals surface area contributed by atoms with Crippen LogP contribution in [-0.2, 0) is 0 Å². The Hall–Kier alpha value is -1.31. The Labute approximate surface area is 121 Å². The summed E-state index contributed by atoms with van der Waals surface area (Å²) in [7, 11) is 0. The Balaban J connectivity index is 2.14. The summed E-state index contributed by atoms with van der Waals surface area (Å²) in [5.41, 5.74) is 0. The van der Waals surface area contributed by atoms with E-state index in [4.69, 9.17) is 16.7 Å². The number of aliphatic hydroxyl groups excluding tert-OH is 1. The maximum Gasteiger partial charge on any atom is 0.416 e. The lowest BCUT2D eigenvalue weighted by Crippen LogP contribution is -2.40. The zero-order chi connectivity index (χ0) is 14.9. The Bertz CT molecular complexity index is 641. The molecule has 1 aromatic carbocycles. The van der Waals surface area contributed by atoms with Crippen molar-refractivity contribution in [3.05, 3.63) is 34.2 Å². The van der Waals surface area contributed by atoms with Gasteiger partial charge in [-0.25, -0.2) is 0 Å². The lowest BCUT2D eigenvalue weighted by atomic mass is 10.2. The highest BCUT2D eigenvalue weighted by molar-refractivity contribution is 7.21. The number of benzene rings is 1. The zero-order valence-corrected chi connectivity index (χ0v) is 11.4. The van der Waals surface area contributed by atoms with E-state index in [-0.39, 0.29) is 9.90 Å². The first-order valence-electron chi connectivity index (χ1n) is 5.50. The van der Waals surface area contributed by atoms with Crippen LogP contribution in [0.2, 0.25) is 5.02 Å². The normalized spacial score (nSPS) is 13.4. The summed E-state index contributed by atoms with van der Waals surface area (Å²) >= 11 is 7.11. The number of rotatable bonds is 3. The highest BCUT2D eigenvalue weighted by atomic mass is 35.5. The van der Waals surface area contributed by atoms with Gasteiger partial charge >= 0.3 is 6.18 Å². The molecular formula is C12H9ClF3NO2S. The van der Waals surface area contributed by atoms with Gasteiger partial charge in [0, 0.05) is 10.1 Å². The number of thiophene rings is 1. The van der Waals surface area contributed by atoms with Crippen LogP contribution < -0.4 is 5.32 Å². The third kappa shape index (κ3) is 3.05. The second-order valence-corrected chi connectivity index (χ2v) is 5.44. The zero-order valence-electron chi connectivity index (χ0n) is 9.87. The van der Waals surface area contributed by atoms with Crippen LogP contribution in [0.4, 0.5) is 13.2 Å². The first-order chi connectivity index (χ1) is 9.30. The molecule has 0 aliphatic rings. The molecule has 0 radical (unpaired) electrons. The average Bonchev–Trinajstić information content (AvgIpc) is 2.72. The van der Waals surface area contributed by atoms with Gasteiger partial charge in [-0.1, -0.05) is 29.8 Å². The highest BCUT2D eigenvalue weighted by Crippen LogP contribution is 2.35. The van der Waals surface area contributed by atoms with Crippen molar-refractivity contribution in [2.45, 2.75) is 12.3 Å². The number of nitrogens with one attached hydrogen (secondary N) is 1. The molecule has 8 heteroatoms. The van der Waals surface area contributed by atoms with E-state index in [9.17, 15) is 18.0 Å². The molecule has 2 N–H and O–H groups in total. The predicted octanol–water partition coefficient (Wildman–Crippen LogP) is 3.21. The van der Waals surface area contributed by atoms with Crippen LogP contribution in [0.1, 0.15) is 9.67 Å². The smallest absolute Gasteiger partial charge is 0.382 e. The highest BCUT2D eigenvalue weighted by Gasteiger charge is 2.38. The van der Waals surface area contributed by atoms with Gasteiger partial charge in [-0.15, -0.1) is 11.3 Å². The molecule has 1 unspecified atom stereocenters. The molecule has 2 rings (SSSR count). The summed E-state index contributed by atoms with van der Waals surface area (Å²) in [6, 6.07) is 6.99. The van der Waals surface area contributed by atoms with E-state index < -0.39 is 24.7 Å². The number of halogens is 4. The maximum absolute atomic E-state index is 12.1. The molecule has 1 atom stereocenters. The van der Waals surface area contributed by atoms with Gasteiger partial charge in [-0.05, 0) is 6.07 Å². The van der Waals surface area contributed by atoms with Crippen molar-refractivity contribution in [3.63, 3.8) is 0 Å². The van der Waals surface area contributed by atoms with Gasteiger partial charge in [0.2, 0.25) is 0 Å². The molecular weight excluding hydrogens is 315 g/mol.